The van der Waals surface area contributed by atoms with E-state index in [-0.39, 0.29) is 12.6 Å². The summed E-state index contributed by atoms with van der Waals surface area (Å²) in [5, 5.41) is 20.1. The Morgan fingerprint density at radius 3 is 2.82 bits per heavy atom. The predicted molar refractivity (Wildman–Crippen MR) is 41.6 cm³/mol. The number of nitrogens with one attached hydrogen (secondary N) is 1. The SMILES string of the molecule is N#CNC1CCCCC1CO. The standard InChI is InChI=1S/C8H14N2O/c9-6-10-8-4-2-1-3-7(8)5-11/h7-8,10-11H,1-5H2. The lowest BCUT2D eigenvalue weighted by Gasteiger charge is -2.28. The molecule has 0 radical (unpaired) electrons. The van der Waals surface area contributed by atoms with Gasteiger partial charge in [-0.1, -0.05) is 12.8 Å². The molecule has 0 aromatic heterocycles. The van der Waals surface area contributed by atoms with Gasteiger partial charge in [0, 0.05) is 18.6 Å². The second kappa shape index (κ2) is 4.20. The molecule has 1 saturated carbocycles. The zero-order valence-corrected chi connectivity index (χ0v) is 6.58. The molecule has 1 fully saturated rings. The van der Waals surface area contributed by atoms with Crippen molar-refractivity contribution in [3.8, 4) is 6.19 Å². The van der Waals surface area contributed by atoms with Gasteiger partial charge >= 0.3 is 0 Å². The van der Waals surface area contributed by atoms with Crippen molar-refractivity contribution in [3.63, 3.8) is 0 Å². The lowest BCUT2D eigenvalue weighted by Crippen LogP contribution is -2.37. The van der Waals surface area contributed by atoms with E-state index in [0.29, 0.717) is 5.92 Å². The maximum atomic E-state index is 8.94. The molecule has 2 N–H and O–H groups in total. The highest BCUT2D eigenvalue weighted by molar-refractivity contribution is 4.85. The van der Waals surface area contributed by atoms with Crippen molar-refractivity contribution in [1.29, 1.82) is 5.26 Å². The van der Waals surface area contributed by atoms with Crippen molar-refractivity contribution >= 4 is 0 Å². The molecule has 0 amide bonds. The first-order chi connectivity index (χ1) is 5.38. The average Bonchev–Trinajstić information content (AvgIpc) is 2.06. The van der Waals surface area contributed by atoms with Crippen molar-refractivity contribution in [2.24, 2.45) is 5.92 Å². The molecule has 3 nitrogen and oxygen atoms in total. The monoisotopic (exact) mass is 154 g/mol. The maximum Gasteiger partial charge on any atom is 0.176 e. The number of hydrogen-bond acceptors (Lipinski definition) is 3. The molecule has 0 aromatic rings. The number of nitriles is 1. The molecule has 0 bridgehead atoms. The van der Waals surface area contributed by atoms with Crippen molar-refractivity contribution in [1.82, 2.24) is 5.32 Å². The third-order valence-electron chi connectivity index (χ3n) is 2.39. The minimum absolute atomic E-state index is 0.208. The Balaban J connectivity index is 2.39. The van der Waals surface area contributed by atoms with E-state index in [2.05, 4.69) is 5.32 Å². The Hall–Kier alpha value is -0.750. The van der Waals surface area contributed by atoms with E-state index in [0.717, 1.165) is 12.8 Å². The third kappa shape index (κ3) is 2.09. The average molecular weight is 154 g/mol. The van der Waals surface area contributed by atoms with Crippen LogP contribution in [0.5, 0.6) is 0 Å². The molecule has 2 atom stereocenters. The van der Waals surface area contributed by atoms with Crippen molar-refractivity contribution in [2.75, 3.05) is 6.61 Å². The van der Waals surface area contributed by atoms with Crippen molar-refractivity contribution in [3.05, 3.63) is 0 Å². The van der Waals surface area contributed by atoms with Gasteiger partial charge in [0.15, 0.2) is 6.19 Å². The van der Waals surface area contributed by atoms with Crippen LogP contribution in [0, 0.1) is 17.4 Å². The Morgan fingerprint density at radius 2 is 2.18 bits per heavy atom. The summed E-state index contributed by atoms with van der Waals surface area (Å²) in [7, 11) is 0. The van der Waals surface area contributed by atoms with Crippen LogP contribution in [0.3, 0.4) is 0 Å². The Kier molecular flexibility index (Phi) is 3.18. The number of hydrogen-bond donors (Lipinski definition) is 2. The van der Waals surface area contributed by atoms with Gasteiger partial charge < -0.3 is 10.4 Å². The van der Waals surface area contributed by atoms with E-state index in [1.807, 2.05) is 6.19 Å². The predicted octanol–water partition coefficient (Wildman–Crippen LogP) is 0.608. The van der Waals surface area contributed by atoms with E-state index in [4.69, 9.17) is 10.4 Å². The van der Waals surface area contributed by atoms with Crippen LogP contribution in [-0.2, 0) is 0 Å². The van der Waals surface area contributed by atoms with Crippen LogP contribution in [0.4, 0.5) is 0 Å². The molecule has 0 saturated heterocycles. The van der Waals surface area contributed by atoms with Gasteiger partial charge in [-0.05, 0) is 12.8 Å². The molecule has 1 rings (SSSR count). The molecule has 1 aliphatic rings. The first kappa shape index (κ1) is 8.35. The van der Waals surface area contributed by atoms with E-state index in [9.17, 15) is 0 Å². The van der Waals surface area contributed by atoms with Gasteiger partial charge in [0.05, 0.1) is 0 Å². The minimum Gasteiger partial charge on any atom is -0.396 e. The zero-order chi connectivity index (χ0) is 8.10. The maximum absolute atomic E-state index is 8.94. The fraction of sp³-hybridized carbons (Fsp3) is 0.875. The minimum atomic E-state index is 0.208. The smallest absolute Gasteiger partial charge is 0.176 e. The summed E-state index contributed by atoms with van der Waals surface area (Å²) in [6, 6.07) is 0.221. The highest BCUT2D eigenvalue weighted by Gasteiger charge is 2.23. The topological polar surface area (TPSA) is 56.0 Å². The van der Waals surface area contributed by atoms with Gasteiger partial charge in [0.1, 0.15) is 0 Å². The highest BCUT2D eigenvalue weighted by atomic mass is 16.3. The van der Waals surface area contributed by atoms with Gasteiger partial charge in [0.25, 0.3) is 0 Å². The van der Waals surface area contributed by atoms with Crippen LogP contribution in [0.1, 0.15) is 25.7 Å². The second-order valence-electron chi connectivity index (χ2n) is 3.09. The molecule has 3 heteroatoms. The second-order valence-corrected chi connectivity index (χ2v) is 3.09. The normalized spacial score (nSPS) is 30.9. The molecular weight excluding hydrogens is 140 g/mol. The molecule has 62 valence electrons. The van der Waals surface area contributed by atoms with Crippen LogP contribution in [-0.4, -0.2) is 17.8 Å². The Bertz CT molecular complexity index is 153. The van der Waals surface area contributed by atoms with E-state index in [1.165, 1.54) is 12.8 Å². The first-order valence-electron chi connectivity index (χ1n) is 4.14. The fourth-order valence-electron chi connectivity index (χ4n) is 1.70. The fourth-order valence-corrected chi connectivity index (χ4v) is 1.70. The largest absolute Gasteiger partial charge is 0.396 e. The summed E-state index contributed by atoms with van der Waals surface area (Å²) < 4.78 is 0. The van der Waals surface area contributed by atoms with Crippen molar-refractivity contribution in [2.45, 2.75) is 31.7 Å². The van der Waals surface area contributed by atoms with Crippen LogP contribution in [0.25, 0.3) is 0 Å². The first-order valence-corrected chi connectivity index (χ1v) is 4.14. The number of aliphatic hydroxyl groups excluding tert-OH is 1. The summed E-state index contributed by atoms with van der Waals surface area (Å²) >= 11 is 0. The van der Waals surface area contributed by atoms with Crippen LogP contribution in [0.2, 0.25) is 0 Å². The van der Waals surface area contributed by atoms with Gasteiger partial charge in [-0.2, -0.15) is 5.26 Å². The summed E-state index contributed by atoms with van der Waals surface area (Å²) in [6.45, 7) is 0.208. The van der Waals surface area contributed by atoms with Crippen molar-refractivity contribution < 1.29 is 5.11 Å². The van der Waals surface area contributed by atoms with E-state index in [1.54, 1.807) is 0 Å². The lowest BCUT2D eigenvalue weighted by atomic mass is 9.85. The summed E-state index contributed by atoms with van der Waals surface area (Å²) in [4.78, 5) is 0. The van der Waals surface area contributed by atoms with Crippen LogP contribution in [0.15, 0.2) is 0 Å². The summed E-state index contributed by atoms with van der Waals surface area (Å²) in [5.41, 5.74) is 0. The van der Waals surface area contributed by atoms with Crippen LogP contribution >= 0.6 is 0 Å². The summed E-state index contributed by atoms with van der Waals surface area (Å²) in [6.07, 6.45) is 6.38. The van der Waals surface area contributed by atoms with E-state index >= 15 is 0 Å². The number of aliphatic hydroxyl groups is 1. The molecule has 2 unspecified atom stereocenters. The van der Waals surface area contributed by atoms with Gasteiger partial charge in [-0.25, -0.2) is 0 Å². The van der Waals surface area contributed by atoms with Crippen LogP contribution < -0.4 is 5.32 Å². The Morgan fingerprint density at radius 1 is 1.45 bits per heavy atom. The molecule has 0 aliphatic heterocycles. The molecule has 0 spiro atoms. The highest BCUT2D eigenvalue weighted by Crippen LogP contribution is 2.23. The lowest BCUT2D eigenvalue weighted by molar-refractivity contribution is 0.161. The number of nitrogens with zero attached hydrogens (tertiary/aromatic N) is 1. The summed E-state index contributed by atoms with van der Waals surface area (Å²) in [5.74, 6) is 0.295. The molecule has 0 aromatic carbocycles. The van der Waals surface area contributed by atoms with E-state index < -0.39 is 0 Å². The number of rotatable bonds is 2. The quantitative estimate of drug-likeness (QED) is 0.452. The van der Waals surface area contributed by atoms with Gasteiger partial charge in [-0.15, -0.1) is 0 Å². The zero-order valence-electron chi connectivity index (χ0n) is 6.58. The van der Waals surface area contributed by atoms with Gasteiger partial charge in [-0.3, -0.25) is 0 Å². The molecule has 11 heavy (non-hydrogen) atoms. The Labute approximate surface area is 67.0 Å². The molecule has 1 aliphatic carbocycles. The molecule has 0 heterocycles. The molecular formula is C8H14N2O. The van der Waals surface area contributed by atoms with Gasteiger partial charge in [0.2, 0.25) is 0 Å². The third-order valence-corrected chi connectivity index (χ3v) is 2.39.